The van der Waals surface area contributed by atoms with Crippen LogP contribution in [0, 0.1) is 6.92 Å². The first-order chi connectivity index (χ1) is 12.8. The van der Waals surface area contributed by atoms with Gasteiger partial charge in [0.1, 0.15) is 0 Å². The summed E-state index contributed by atoms with van der Waals surface area (Å²) in [6.45, 7) is 3.53. The highest BCUT2D eigenvalue weighted by atomic mass is 31.2. The molecule has 1 atom stereocenters. The first-order valence-electron chi connectivity index (χ1n) is 8.35. The number of amides is 1. The van der Waals surface area contributed by atoms with Crippen LogP contribution in [-0.4, -0.2) is 22.0 Å². The Morgan fingerprint density at radius 2 is 1.89 bits per heavy atom. The van der Waals surface area contributed by atoms with Gasteiger partial charge in [-0.1, -0.05) is 36.4 Å². The summed E-state index contributed by atoms with van der Waals surface area (Å²) in [4.78, 5) is 26.1. The second kappa shape index (κ2) is 7.56. The molecule has 2 aromatic carbocycles. The highest BCUT2D eigenvalue weighted by Crippen LogP contribution is 2.40. The standard InChI is InChI=1S/C19H21N2O5P/c1-13-15(11-18(20)22)19-16(21(13)12-14-7-4-3-5-8-14)9-6-10-17(19)25-26-27(2,23)24/h3-10H,11-12H2,1-2H3,(H2,20,22)(H,23,24). The second-order valence-electron chi connectivity index (χ2n) is 6.39. The minimum Gasteiger partial charge on any atom is -0.369 e. The van der Waals surface area contributed by atoms with Crippen molar-refractivity contribution in [2.24, 2.45) is 5.73 Å². The SMILES string of the molecule is Cc1c(CC(N)=O)c2c(OOP(C)(=O)O)cccc2n1Cc1ccccc1. The Balaban J connectivity index is 2.14. The van der Waals surface area contributed by atoms with E-state index in [0.29, 0.717) is 17.5 Å². The smallest absolute Gasteiger partial charge is 0.363 e. The van der Waals surface area contributed by atoms with Gasteiger partial charge in [-0.05, 0) is 30.2 Å². The lowest BCUT2D eigenvalue weighted by molar-refractivity contribution is -0.117. The molecule has 1 amide bonds. The molecule has 0 spiro atoms. The summed E-state index contributed by atoms with van der Waals surface area (Å²) in [6.07, 6.45) is 0.0212. The van der Waals surface area contributed by atoms with Crippen molar-refractivity contribution >= 4 is 24.4 Å². The molecule has 0 aliphatic heterocycles. The van der Waals surface area contributed by atoms with E-state index in [4.69, 9.17) is 10.6 Å². The molecular weight excluding hydrogens is 367 g/mol. The largest absolute Gasteiger partial charge is 0.369 e. The van der Waals surface area contributed by atoms with E-state index in [2.05, 4.69) is 9.24 Å². The summed E-state index contributed by atoms with van der Waals surface area (Å²) >= 11 is 0. The number of hydrogen-bond acceptors (Lipinski definition) is 4. The summed E-state index contributed by atoms with van der Waals surface area (Å²) in [6, 6.07) is 15.2. The first-order valence-corrected chi connectivity index (χ1v) is 10.4. The summed E-state index contributed by atoms with van der Waals surface area (Å²) in [5.74, 6) is -0.217. The number of primary amides is 1. The maximum atomic E-state index is 11.6. The summed E-state index contributed by atoms with van der Waals surface area (Å²) < 4.78 is 18.1. The van der Waals surface area contributed by atoms with Crippen molar-refractivity contribution in [2.45, 2.75) is 19.9 Å². The molecule has 1 aromatic heterocycles. The number of rotatable bonds is 7. The molecule has 0 saturated carbocycles. The van der Waals surface area contributed by atoms with Crippen molar-refractivity contribution < 1.29 is 23.8 Å². The molecule has 0 aliphatic carbocycles. The molecule has 0 saturated heterocycles. The Bertz CT molecular complexity index is 1020. The summed E-state index contributed by atoms with van der Waals surface area (Å²) in [5, 5.41) is 0.637. The zero-order chi connectivity index (χ0) is 19.6. The number of carbonyl (C=O) groups excluding carboxylic acids is 1. The lowest BCUT2D eigenvalue weighted by Gasteiger charge is -2.10. The molecule has 3 N–H and O–H groups in total. The third-order valence-corrected chi connectivity index (χ3v) is 4.59. The highest BCUT2D eigenvalue weighted by Gasteiger charge is 2.21. The number of hydrogen-bond donors (Lipinski definition) is 2. The van der Waals surface area contributed by atoms with E-state index in [1.54, 1.807) is 12.1 Å². The molecule has 0 aliphatic rings. The van der Waals surface area contributed by atoms with Gasteiger partial charge in [0.2, 0.25) is 5.91 Å². The predicted molar refractivity (Wildman–Crippen MR) is 103 cm³/mol. The van der Waals surface area contributed by atoms with Crippen molar-refractivity contribution in [3.8, 4) is 5.75 Å². The topological polar surface area (TPSA) is 104 Å². The van der Waals surface area contributed by atoms with Crippen LogP contribution in [-0.2, 0) is 27.0 Å². The van der Waals surface area contributed by atoms with E-state index in [1.807, 2.05) is 43.3 Å². The van der Waals surface area contributed by atoms with Crippen molar-refractivity contribution in [3.05, 3.63) is 65.4 Å². The van der Waals surface area contributed by atoms with Crippen molar-refractivity contribution in [1.29, 1.82) is 0 Å². The third kappa shape index (κ3) is 4.39. The maximum absolute atomic E-state index is 11.6. The molecule has 0 radical (unpaired) electrons. The Morgan fingerprint density at radius 1 is 1.19 bits per heavy atom. The summed E-state index contributed by atoms with van der Waals surface area (Å²) in [5.41, 5.74) is 8.92. The molecule has 142 valence electrons. The van der Waals surface area contributed by atoms with Gasteiger partial charge in [0.25, 0.3) is 0 Å². The van der Waals surface area contributed by atoms with Crippen LogP contribution in [0.15, 0.2) is 48.5 Å². The zero-order valence-corrected chi connectivity index (χ0v) is 16.0. The molecule has 1 heterocycles. The van der Waals surface area contributed by atoms with Crippen molar-refractivity contribution in [1.82, 2.24) is 4.57 Å². The van der Waals surface area contributed by atoms with E-state index in [-0.39, 0.29) is 12.2 Å². The quantitative estimate of drug-likeness (QED) is 0.368. The number of nitrogens with two attached hydrogens (primary N) is 1. The van der Waals surface area contributed by atoms with E-state index in [9.17, 15) is 14.3 Å². The monoisotopic (exact) mass is 388 g/mol. The average molecular weight is 388 g/mol. The normalized spacial score (nSPS) is 13.4. The van der Waals surface area contributed by atoms with E-state index in [0.717, 1.165) is 23.4 Å². The van der Waals surface area contributed by atoms with Gasteiger partial charge in [0.15, 0.2) is 5.75 Å². The molecule has 3 rings (SSSR count). The lowest BCUT2D eigenvalue weighted by Crippen LogP contribution is -2.14. The zero-order valence-electron chi connectivity index (χ0n) is 15.1. The fourth-order valence-electron chi connectivity index (χ4n) is 3.11. The number of fused-ring (bicyclic) bond motifs is 1. The minimum atomic E-state index is -3.83. The van der Waals surface area contributed by atoms with Gasteiger partial charge in [-0.15, -0.1) is 4.67 Å². The van der Waals surface area contributed by atoms with Crippen LogP contribution < -0.4 is 10.6 Å². The van der Waals surface area contributed by atoms with Gasteiger partial charge < -0.3 is 20.1 Å². The highest BCUT2D eigenvalue weighted by molar-refractivity contribution is 7.51. The van der Waals surface area contributed by atoms with Gasteiger partial charge >= 0.3 is 7.60 Å². The van der Waals surface area contributed by atoms with Gasteiger partial charge in [0.05, 0.1) is 11.9 Å². The second-order valence-corrected chi connectivity index (χ2v) is 8.14. The average Bonchev–Trinajstić information content (AvgIpc) is 2.86. The Labute approximate surface area is 156 Å². The molecule has 8 heteroatoms. The van der Waals surface area contributed by atoms with Crippen LogP contribution in [0.1, 0.15) is 16.8 Å². The minimum absolute atomic E-state index is 0.0212. The van der Waals surface area contributed by atoms with Crippen LogP contribution in [0.5, 0.6) is 5.75 Å². The molecular formula is C19H21N2O5P. The van der Waals surface area contributed by atoms with Crippen LogP contribution in [0.3, 0.4) is 0 Å². The number of aromatic nitrogens is 1. The number of nitrogens with zero attached hydrogens (tertiary/aromatic N) is 1. The molecule has 27 heavy (non-hydrogen) atoms. The first kappa shape index (κ1) is 19.2. The van der Waals surface area contributed by atoms with Gasteiger partial charge in [-0.2, -0.15) is 0 Å². The Morgan fingerprint density at radius 3 is 2.52 bits per heavy atom. The van der Waals surface area contributed by atoms with Gasteiger partial charge in [-0.3, -0.25) is 9.36 Å². The van der Waals surface area contributed by atoms with E-state index in [1.165, 1.54) is 0 Å². The summed E-state index contributed by atoms with van der Waals surface area (Å²) in [7, 11) is -3.83. The molecule has 3 aromatic rings. The third-order valence-electron chi connectivity index (χ3n) is 4.24. The van der Waals surface area contributed by atoms with Gasteiger partial charge in [0, 0.05) is 24.3 Å². The number of benzene rings is 2. The van der Waals surface area contributed by atoms with Crippen LogP contribution in [0.4, 0.5) is 0 Å². The van der Waals surface area contributed by atoms with Crippen LogP contribution in [0.2, 0.25) is 0 Å². The lowest BCUT2D eigenvalue weighted by atomic mass is 10.1. The van der Waals surface area contributed by atoms with Crippen molar-refractivity contribution in [3.63, 3.8) is 0 Å². The number of carbonyl (C=O) groups is 1. The van der Waals surface area contributed by atoms with E-state index >= 15 is 0 Å². The van der Waals surface area contributed by atoms with Crippen LogP contribution in [0.25, 0.3) is 10.9 Å². The molecule has 0 bridgehead atoms. The van der Waals surface area contributed by atoms with E-state index < -0.39 is 13.5 Å². The fourth-order valence-corrected chi connectivity index (χ4v) is 3.33. The Hall–Kier alpha value is -2.60. The van der Waals surface area contributed by atoms with Crippen molar-refractivity contribution in [2.75, 3.05) is 6.66 Å². The van der Waals surface area contributed by atoms with Gasteiger partial charge in [-0.25, -0.2) is 0 Å². The maximum Gasteiger partial charge on any atom is 0.363 e. The molecule has 7 nitrogen and oxygen atoms in total. The Kier molecular flexibility index (Phi) is 5.37. The molecule has 0 fully saturated rings. The van der Waals surface area contributed by atoms with Crippen LogP contribution >= 0.6 is 7.60 Å². The predicted octanol–water partition coefficient (Wildman–Crippen LogP) is 3.15. The fraction of sp³-hybridized carbons (Fsp3) is 0.211. The molecule has 1 unspecified atom stereocenters.